The molecule has 3 aromatic carbocycles. The first-order valence-corrected chi connectivity index (χ1v) is 12.3. The van der Waals surface area contributed by atoms with E-state index in [0.717, 1.165) is 30.9 Å². The lowest BCUT2D eigenvalue weighted by Gasteiger charge is -2.24. The number of para-hydroxylation sites is 1. The van der Waals surface area contributed by atoms with Gasteiger partial charge in [0, 0.05) is 47.9 Å². The molecule has 5 rings (SSSR count). The second-order valence-electron chi connectivity index (χ2n) is 9.24. The SMILES string of the molecule is CN(C)CCOc1ccc(-c2cccc3c(N)nc(Nc4ccc(C5CNCCO5)cc4)nc23)c(F)c1. The molecule has 8 nitrogen and oxygen atoms in total. The molecule has 0 saturated carbocycles. The Morgan fingerprint density at radius 1 is 1.11 bits per heavy atom. The highest BCUT2D eigenvalue weighted by molar-refractivity contribution is 5.99. The molecular weight excluding hydrogens is 471 g/mol. The molecule has 9 heteroatoms. The van der Waals surface area contributed by atoms with E-state index in [9.17, 15) is 0 Å². The van der Waals surface area contributed by atoms with Gasteiger partial charge in [0.2, 0.25) is 5.95 Å². The zero-order valence-electron chi connectivity index (χ0n) is 21.0. The number of rotatable bonds is 8. The third kappa shape index (κ3) is 5.80. The molecule has 0 aliphatic carbocycles. The fourth-order valence-corrected chi connectivity index (χ4v) is 4.29. The first-order valence-electron chi connectivity index (χ1n) is 12.3. The average molecular weight is 503 g/mol. The second-order valence-corrected chi connectivity index (χ2v) is 9.24. The van der Waals surface area contributed by atoms with Crippen molar-refractivity contribution >= 4 is 28.4 Å². The van der Waals surface area contributed by atoms with Crippen LogP contribution >= 0.6 is 0 Å². The van der Waals surface area contributed by atoms with Gasteiger partial charge in [0.25, 0.3) is 0 Å². The van der Waals surface area contributed by atoms with Crippen LogP contribution in [0, 0.1) is 5.82 Å². The number of fused-ring (bicyclic) bond motifs is 1. The average Bonchev–Trinajstić information content (AvgIpc) is 2.90. The minimum atomic E-state index is -0.392. The summed E-state index contributed by atoms with van der Waals surface area (Å²) in [5.74, 6) is 0.746. The van der Waals surface area contributed by atoms with E-state index in [2.05, 4.69) is 15.6 Å². The van der Waals surface area contributed by atoms with Gasteiger partial charge in [-0.15, -0.1) is 0 Å². The largest absolute Gasteiger partial charge is 0.492 e. The maximum Gasteiger partial charge on any atom is 0.229 e. The second kappa shape index (κ2) is 11.1. The highest BCUT2D eigenvalue weighted by Gasteiger charge is 2.17. The van der Waals surface area contributed by atoms with Crippen LogP contribution in [0.1, 0.15) is 11.7 Å². The molecular formula is C28H31FN6O2. The molecule has 0 amide bonds. The summed E-state index contributed by atoms with van der Waals surface area (Å²) in [6, 6.07) is 18.3. The smallest absolute Gasteiger partial charge is 0.229 e. The van der Waals surface area contributed by atoms with Crippen molar-refractivity contribution in [2.45, 2.75) is 6.10 Å². The van der Waals surface area contributed by atoms with Crippen LogP contribution in [0.2, 0.25) is 0 Å². The van der Waals surface area contributed by atoms with Crippen molar-refractivity contribution in [1.29, 1.82) is 0 Å². The Kier molecular flexibility index (Phi) is 7.45. The number of morpholine rings is 1. The summed E-state index contributed by atoms with van der Waals surface area (Å²) in [7, 11) is 3.92. The Bertz CT molecular complexity index is 1370. The highest BCUT2D eigenvalue weighted by atomic mass is 19.1. The minimum Gasteiger partial charge on any atom is -0.492 e. The molecule has 0 radical (unpaired) electrons. The van der Waals surface area contributed by atoms with E-state index < -0.39 is 5.82 Å². The molecule has 0 spiro atoms. The molecule has 4 aromatic rings. The van der Waals surface area contributed by atoms with Crippen molar-refractivity contribution in [1.82, 2.24) is 20.2 Å². The molecule has 4 N–H and O–H groups in total. The third-order valence-electron chi connectivity index (χ3n) is 6.26. The summed E-state index contributed by atoms with van der Waals surface area (Å²) >= 11 is 0. The van der Waals surface area contributed by atoms with E-state index in [0.29, 0.717) is 52.8 Å². The van der Waals surface area contributed by atoms with Crippen LogP contribution in [0.25, 0.3) is 22.0 Å². The Morgan fingerprint density at radius 2 is 1.95 bits per heavy atom. The lowest BCUT2D eigenvalue weighted by molar-refractivity contribution is 0.0277. The Labute approximate surface area is 215 Å². The van der Waals surface area contributed by atoms with Gasteiger partial charge in [0.05, 0.1) is 18.2 Å². The fraction of sp³-hybridized carbons (Fsp3) is 0.286. The van der Waals surface area contributed by atoms with Crippen LogP contribution in [0.3, 0.4) is 0 Å². The number of halogens is 1. The number of benzene rings is 3. The van der Waals surface area contributed by atoms with Crippen molar-refractivity contribution in [2.24, 2.45) is 0 Å². The maximum absolute atomic E-state index is 15.2. The fourth-order valence-electron chi connectivity index (χ4n) is 4.29. The van der Waals surface area contributed by atoms with Gasteiger partial charge in [-0.25, -0.2) is 9.37 Å². The monoisotopic (exact) mass is 502 g/mol. The van der Waals surface area contributed by atoms with Crippen molar-refractivity contribution in [3.63, 3.8) is 0 Å². The first kappa shape index (κ1) is 24.9. The Morgan fingerprint density at radius 3 is 2.68 bits per heavy atom. The number of likely N-dealkylation sites (N-methyl/N-ethyl adjacent to an activating group) is 1. The van der Waals surface area contributed by atoms with Gasteiger partial charge in [0.1, 0.15) is 24.0 Å². The van der Waals surface area contributed by atoms with Crippen LogP contribution in [-0.4, -0.2) is 61.8 Å². The van der Waals surface area contributed by atoms with Crippen molar-refractivity contribution < 1.29 is 13.9 Å². The number of nitrogens with two attached hydrogens (primary N) is 1. The van der Waals surface area contributed by atoms with Crippen molar-refractivity contribution in [3.8, 4) is 16.9 Å². The van der Waals surface area contributed by atoms with E-state index in [1.54, 1.807) is 12.1 Å². The third-order valence-corrected chi connectivity index (χ3v) is 6.26. The lowest BCUT2D eigenvalue weighted by atomic mass is 10.0. The zero-order valence-corrected chi connectivity index (χ0v) is 21.0. The van der Waals surface area contributed by atoms with Gasteiger partial charge in [-0.1, -0.05) is 24.3 Å². The summed E-state index contributed by atoms with van der Waals surface area (Å²) in [5.41, 5.74) is 9.81. The lowest BCUT2D eigenvalue weighted by Crippen LogP contribution is -2.33. The van der Waals surface area contributed by atoms with Crippen LogP contribution in [0.4, 0.5) is 21.8 Å². The van der Waals surface area contributed by atoms with E-state index in [4.69, 9.17) is 20.2 Å². The van der Waals surface area contributed by atoms with Crippen LogP contribution in [0.5, 0.6) is 5.75 Å². The molecule has 1 unspecified atom stereocenters. The first-order chi connectivity index (χ1) is 18.0. The van der Waals surface area contributed by atoms with Gasteiger partial charge in [0.15, 0.2) is 0 Å². The normalized spacial score (nSPS) is 15.7. The number of nitrogen functional groups attached to an aromatic ring is 1. The summed E-state index contributed by atoms with van der Waals surface area (Å²) in [6.45, 7) is 3.58. The number of ether oxygens (including phenoxy) is 2. The molecule has 1 fully saturated rings. The molecule has 192 valence electrons. The van der Waals surface area contributed by atoms with Gasteiger partial charge in [-0.3, -0.25) is 0 Å². The molecule has 0 bridgehead atoms. The van der Waals surface area contributed by atoms with Gasteiger partial charge < -0.3 is 30.7 Å². The van der Waals surface area contributed by atoms with Crippen molar-refractivity contribution in [2.75, 3.05) is 58.0 Å². The van der Waals surface area contributed by atoms with E-state index >= 15 is 4.39 Å². The summed E-state index contributed by atoms with van der Waals surface area (Å²) in [6.07, 6.45) is 0.0394. The summed E-state index contributed by atoms with van der Waals surface area (Å²) in [5, 5.41) is 7.22. The molecule has 1 atom stereocenters. The predicted octanol–water partition coefficient (Wildman–Crippen LogP) is 4.36. The number of anilines is 3. The molecule has 37 heavy (non-hydrogen) atoms. The van der Waals surface area contributed by atoms with Gasteiger partial charge in [-0.05, 0) is 50.0 Å². The van der Waals surface area contributed by atoms with Crippen LogP contribution in [0.15, 0.2) is 60.7 Å². The Hall–Kier alpha value is -3.79. The molecule has 1 aliphatic heterocycles. The maximum atomic E-state index is 15.2. The standard InChI is InChI=1S/C28H31FN6O2/c1-35(2)13-15-36-20-10-11-21(24(29)16-20)22-4-3-5-23-26(22)33-28(34-27(23)30)32-19-8-6-18(7-9-19)25-17-31-12-14-37-25/h3-11,16,25,31H,12-15,17H2,1-2H3,(H3,30,32,33,34). The minimum absolute atomic E-state index is 0.0394. The molecule has 2 heterocycles. The zero-order chi connectivity index (χ0) is 25.8. The van der Waals surface area contributed by atoms with Crippen LogP contribution in [-0.2, 0) is 4.74 Å². The number of nitrogens with one attached hydrogen (secondary N) is 2. The predicted molar refractivity (Wildman–Crippen MR) is 145 cm³/mol. The van der Waals surface area contributed by atoms with Crippen molar-refractivity contribution in [3.05, 3.63) is 72.0 Å². The number of aromatic nitrogens is 2. The number of hydrogen-bond donors (Lipinski definition) is 3. The summed E-state index contributed by atoms with van der Waals surface area (Å²) in [4.78, 5) is 11.2. The van der Waals surface area contributed by atoms with E-state index in [1.165, 1.54) is 6.07 Å². The van der Waals surface area contributed by atoms with Crippen LogP contribution < -0.4 is 21.1 Å². The van der Waals surface area contributed by atoms with E-state index in [-0.39, 0.29) is 6.10 Å². The Balaban J connectivity index is 1.41. The molecule has 1 aromatic heterocycles. The number of hydrogen-bond acceptors (Lipinski definition) is 8. The number of nitrogens with zero attached hydrogens (tertiary/aromatic N) is 3. The van der Waals surface area contributed by atoms with Gasteiger partial charge >= 0.3 is 0 Å². The van der Waals surface area contributed by atoms with Gasteiger partial charge in [-0.2, -0.15) is 4.98 Å². The highest BCUT2D eigenvalue weighted by Crippen LogP contribution is 2.34. The molecule has 1 saturated heterocycles. The van der Waals surface area contributed by atoms with E-state index in [1.807, 2.05) is 61.5 Å². The topological polar surface area (TPSA) is 97.6 Å². The molecule has 1 aliphatic rings. The summed E-state index contributed by atoms with van der Waals surface area (Å²) < 4.78 is 26.7. The quantitative estimate of drug-likeness (QED) is 0.327.